The monoisotopic (exact) mass is 172 g/mol. The van der Waals surface area contributed by atoms with Crippen LogP contribution in [0, 0.1) is 0 Å². The molecule has 0 aromatic heterocycles. The van der Waals surface area contributed by atoms with Gasteiger partial charge in [0, 0.05) is 26.2 Å². The summed E-state index contributed by atoms with van der Waals surface area (Å²) in [6, 6.07) is 0.550. The summed E-state index contributed by atoms with van der Waals surface area (Å²) in [6.45, 7) is 6.00. The van der Waals surface area contributed by atoms with E-state index in [4.69, 9.17) is 4.74 Å². The van der Waals surface area contributed by atoms with Gasteiger partial charge in [0.25, 0.3) is 0 Å². The Balaban J connectivity index is 2.13. The van der Waals surface area contributed by atoms with Gasteiger partial charge in [-0.05, 0) is 13.8 Å². The van der Waals surface area contributed by atoms with E-state index in [1.807, 2.05) is 0 Å². The topological polar surface area (TPSA) is 41.6 Å². The fourth-order valence-electron chi connectivity index (χ4n) is 1.18. The van der Waals surface area contributed by atoms with Crippen molar-refractivity contribution in [2.75, 3.05) is 20.1 Å². The third-order valence-electron chi connectivity index (χ3n) is 2.08. The van der Waals surface area contributed by atoms with Gasteiger partial charge in [-0.2, -0.15) is 0 Å². The van der Waals surface area contributed by atoms with Crippen LogP contribution in [0.5, 0.6) is 0 Å². The molecule has 1 aliphatic heterocycles. The van der Waals surface area contributed by atoms with Gasteiger partial charge in [-0.25, -0.2) is 4.79 Å². The van der Waals surface area contributed by atoms with Gasteiger partial charge in [0.2, 0.25) is 0 Å². The van der Waals surface area contributed by atoms with Crippen LogP contribution in [0.15, 0.2) is 0 Å². The van der Waals surface area contributed by atoms with Gasteiger partial charge in [0.1, 0.15) is 6.10 Å². The molecule has 1 heterocycles. The lowest BCUT2D eigenvalue weighted by Crippen LogP contribution is -2.56. The van der Waals surface area contributed by atoms with Gasteiger partial charge in [0.15, 0.2) is 0 Å². The molecular weight excluding hydrogens is 156 g/mol. The number of hydrogen-bond donors (Lipinski definition) is 1. The van der Waals surface area contributed by atoms with Gasteiger partial charge < -0.3 is 10.1 Å². The maximum atomic E-state index is 10.7. The first kappa shape index (κ1) is 9.32. The van der Waals surface area contributed by atoms with E-state index < -0.39 is 0 Å². The molecule has 70 valence electrons. The molecule has 1 N–H and O–H groups in total. The summed E-state index contributed by atoms with van der Waals surface area (Å²) in [7, 11) is 1.57. The first-order valence-electron chi connectivity index (χ1n) is 4.26. The number of carbonyl (C=O) groups is 1. The average Bonchev–Trinajstić information content (AvgIpc) is 1.94. The Morgan fingerprint density at radius 2 is 2.17 bits per heavy atom. The molecule has 0 unspecified atom stereocenters. The smallest absolute Gasteiger partial charge is 0.407 e. The highest BCUT2D eigenvalue weighted by Gasteiger charge is 2.30. The van der Waals surface area contributed by atoms with Crippen LogP contribution in [0.3, 0.4) is 0 Å². The minimum atomic E-state index is -0.330. The lowest BCUT2D eigenvalue weighted by molar-refractivity contribution is -0.0274. The highest BCUT2D eigenvalue weighted by molar-refractivity contribution is 5.66. The number of likely N-dealkylation sites (tertiary alicyclic amines) is 1. The molecule has 0 saturated carbocycles. The highest BCUT2D eigenvalue weighted by Crippen LogP contribution is 2.14. The second-order valence-electron chi connectivity index (χ2n) is 3.32. The SMILES string of the molecule is CNC(=O)OC1CN(C(C)C)C1. The van der Waals surface area contributed by atoms with E-state index in [2.05, 4.69) is 24.1 Å². The average molecular weight is 172 g/mol. The van der Waals surface area contributed by atoms with Crippen LogP contribution >= 0.6 is 0 Å². The Labute approximate surface area is 72.9 Å². The molecule has 1 saturated heterocycles. The molecule has 4 nitrogen and oxygen atoms in total. The Morgan fingerprint density at radius 3 is 2.58 bits per heavy atom. The van der Waals surface area contributed by atoms with Crippen LogP contribution in [0.25, 0.3) is 0 Å². The lowest BCUT2D eigenvalue weighted by atomic mass is 10.1. The molecule has 4 heteroatoms. The van der Waals surface area contributed by atoms with E-state index in [0.29, 0.717) is 6.04 Å². The third kappa shape index (κ3) is 2.11. The molecule has 0 bridgehead atoms. The maximum Gasteiger partial charge on any atom is 0.407 e. The summed E-state index contributed by atoms with van der Waals surface area (Å²) < 4.78 is 5.02. The van der Waals surface area contributed by atoms with Crippen molar-refractivity contribution in [3.8, 4) is 0 Å². The van der Waals surface area contributed by atoms with Crippen LogP contribution < -0.4 is 5.32 Å². The number of nitrogens with one attached hydrogen (secondary N) is 1. The predicted molar refractivity (Wildman–Crippen MR) is 46.0 cm³/mol. The molecule has 1 rings (SSSR count). The molecule has 0 spiro atoms. The Bertz CT molecular complexity index is 164. The van der Waals surface area contributed by atoms with Crippen molar-refractivity contribution in [1.29, 1.82) is 0 Å². The van der Waals surface area contributed by atoms with Crippen LogP contribution in [-0.4, -0.2) is 43.3 Å². The highest BCUT2D eigenvalue weighted by atomic mass is 16.6. The minimum absolute atomic E-state index is 0.0901. The van der Waals surface area contributed by atoms with Crippen LogP contribution in [0.1, 0.15) is 13.8 Å². The number of rotatable bonds is 2. The van der Waals surface area contributed by atoms with Crippen LogP contribution in [0.2, 0.25) is 0 Å². The summed E-state index contributed by atoms with van der Waals surface area (Å²) in [5.41, 5.74) is 0. The Morgan fingerprint density at radius 1 is 1.58 bits per heavy atom. The molecule has 0 aliphatic carbocycles. The summed E-state index contributed by atoms with van der Waals surface area (Å²) in [5, 5.41) is 2.43. The van der Waals surface area contributed by atoms with Crippen molar-refractivity contribution in [3.63, 3.8) is 0 Å². The Kier molecular flexibility index (Phi) is 2.92. The van der Waals surface area contributed by atoms with Crippen LogP contribution in [-0.2, 0) is 4.74 Å². The summed E-state index contributed by atoms with van der Waals surface area (Å²) >= 11 is 0. The van der Waals surface area contributed by atoms with Crippen molar-refractivity contribution in [2.24, 2.45) is 0 Å². The largest absolute Gasteiger partial charge is 0.444 e. The molecule has 0 radical (unpaired) electrons. The van der Waals surface area contributed by atoms with Crippen LogP contribution in [0.4, 0.5) is 4.79 Å². The van der Waals surface area contributed by atoms with Gasteiger partial charge in [0.05, 0.1) is 0 Å². The van der Waals surface area contributed by atoms with E-state index >= 15 is 0 Å². The van der Waals surface area contributed by atoms with Gasteiger partial charge in [-0.1, -0.05) is 0 Å². The molecular formula is C8H16N2O2. The maximum absolute atomic E-state index is 10.7. The predicted octanol–water partition coefficient (Wildman–Crippen LogP) is 0.435. The van der Waals surface area contributed by atoms with E-state index in [1.165, 1.54) is 0 Å². The van der Waals surface area contributed by atoms with Crippen molar-refractivity contribution in [2.45, 2.75) is 26.0 Å². The second kappa shape index (κ2) is 3.76. The molecule has 12 heavy (non-hydrogen) atoms. The van der Waals surface area contributed by atoms with E-state index in [1.54, 1.807) is 7.05 Å². The quantitative estimate of drug-likeness (QED) is 0.657. The van der Waals surface area contributed by atoms with E-state index in [0.717, 1.165) is 13.1 Å². The second-order valence-corrected chi connectivity index (χ2v) is 3.32. The molecule has 1 amide bonds. The number of alkyl carbamates (subject to hydrolysis) is 1. The lowest BCUT2D eigenvalue weighted by Gasteiger charge is -2.40. The first-order valence-corrected chi connectivity index (χ1v) is 4.26. The number of carbonyl (C=O) groups excluding carboxylic acids is 1. The van der Waals surface area contributed by atoms with Crippen molar-refractivity contribution >= 4 is 6.09 Å². The third-order valence-corrected chi connectivity index (χ3v) is 2.08. The number of ether oxygens (including phenoxy) is 1. The number of nitrogens with zero attached hydrogens (tertiary/aromatic N) is 1. The molecule has 0 aromatic rings. The Hall–Kier alpha value is -0.770. The van der Waals surface area contributed by atoms with Crippen molar-refractivity contribution in [3.05, 3.63) is 0 Å². The molecule has 1 fully saturated rings. The molecule has 0 aromatic carbocycles. The number of hydrogen-bond acceptors (Lipinski definition) is 3. The first-order chi connectivity index (χ1) is 5.63. The van der Waals surface area contributed by atoms with Gasteiger partial charge in [-0.15, -0.1) is 0 Å². The van der Waals surface area contributed by atoms with Crippen molar-refractivity contribution in [1.82, 2.24) is 10.2 Å². The number of amides is 1. The van der Waals surface area contributed by atoms with E-state index in [-0.39, 0.29) is 12.2 Å². The summed E-state index contributed by atoms with van der Waals surface area (Å²) in [6.07, 6.45) is -0.240. The molecule has 0 atom stereocenters. The summed E-state index contributed by atoms with van der Waals surface area (Å²) in [4.78, 5) is 13.0. The fourth-order valence-corrected chi connectivity index (χ4v) is 1.18. The zero-order valence-electron chi connectivity index (χ0n) is 7.83. The fraction of sp³-hybridized carbons (Fsp3) is 0.875. The van der Waals surface area contributed by atoms with Gasteiger partial charge >= 0.3 is 6.09 Å². The zero-order valence-corrected chi connectivity index (χ0v) is 7.83. The standard InChI is InChI=1S/C8H16N2O2/c1-6(2)10-4-7(5-10)12-8(11)9-3/h6-7H,4-5H2,1-3H3,(H,9,11). The van der Waals surface area contributed by atoms with E-state index in [9.17, 15) is 4.79 Å². The minimum Gasteiger partial charge on any atom is -0.444 e. The summed E-state index contributed by atoms with van der Waals surface area (Å²) in [5.74, 6) is 0. The molecule has 1 aliphatic rings. The zero-order chi connectivity index (χ0) is 9.14. The normalized spacial score (nSPS) is 19.0. The van der Waals surface area contributed by atoms with Crippen molar-refractivity contribution < 1.29 is 9.53 Å². The van der Waals surface area contributed by atoms with Gasteiger partial charge in [-0.3, -0.25) is 4.90 Å².